The Bertz CT molecular complexity index is 1050. The molecule has 3 atom stereocenters. The van der Waals surface area contributed by atoms with Crippen molar-refractivity contribution < 1.29 is 45.0 Å². The number of hydrogen-bond donors (Lipinski definition) is 7. The van der Waals surface area contributed by atoms with Crippen LogP contribution >= 0.6 is 0 Å². The molecule has 2 aromatic carbocycles. The molecule has 0 spiro atoms. The first-order valence-corrected chi connectivity index (χ1v) is 8.39. The van der Waals surface area contributed by atoms with Crippen molar-refractivity contribution in [3.8, 4) is 23.0 Å². The highest BCUT2D eigenvalue weighted by Gasteiger charge is 2.47. The molecule has 0 aliphatic heterocycles. The van der Waals surface area contributed by atoms with E-state index in [0.29, 0.717) is 0 Å². The number of ketones is 1. The third-order valence-electron chi connectivity index (χ3n) is 5.06. The number of rotatable bonds is 4. The third kappa shape index (κ3) is 3.09. The van der Waals surface area contributed by atoms with Crippen molar-refractivity contribution in [1.82, 2.24) is 0 Å². The Labute approximate surface area is 163 Å². The number of aliphatic carboxylic acids is 1. The molecule has 10 nitrogen and oxygen atoms in total. The first-order chi connectivity index (χ1) is 13.6. The van der Waals surface area contributed by atoms with Gasteiger partial charge in [0.25, 0.3) is 5.91 Å². The second-order valence-electron chi connectivity index (χ2n) is 6.73. The van der Waals surface area contributed by atoms with Crippen molar-refractivity contribution in [3.05, 3.63) is 46.5 Å². The largest absolute Gasteiger partial charge is 0.507 e. The maximum Gasteiger partial charge on any atom is 0.314 e. The number of carbonyl (C=O) groups excluding carboxylic acids is 2. The molecular weight excluding hydrogens is 386 g/mol. The number of amides is 1. The summed E-state index contributed by atoms with van der Waals surface area (Å²) in [6.07, 6.45) is -1.97. The number of carbonyl (C=O) groups is 3. The van der Waals surface area contributed by atoms with Gasteiger partial charge in [-0.25, -0.2) is 0 Å². The van der Waals surface area contributed by atoms with Crippen molar-refractivity contribution in [2.45, 2.75) is 12.5 Å². The van der Waals surface area contributed by atoms with E-state index in [4.69, 9.17) is 5.73 Å². The van der Waals surface area contributed by atoms with E-state index in [1.54, 1.807) is 0 Å². The molecule has 1 aliphatic carbocycles. The standard InChI is InChI=1S/C19H17NO9/c20-18(27)13-10(22)5-6(14(23)17(13)26)4-8-12(19(28)29)16(25)11-7(15(8)24)2-1-3-9(11)21/h1-3,5,8,12,15,21-24,26H,4H2,(H2,20,27)(H,28,29). The van der Waals surface area contributed by atoms with Crippen molar-refractivity contribution in [3.63, 3.8) is 0 Å². The van der Waals surface area contributed by atoms with E-state index in [0.717, 1.165) is 6.07 Å². The van der Waals surface area contributed by atoms with Gasteiger partial charge in [-0.1, -0.05) is 12.1 Å². The van der Waals surface area contributed by atoms with Crippen LogP contribution in [0, 0.1) is 11.8 Å². The van der Waals surface area contributed by atoms with Crippen molar-refractivity contribution in [2.75, 3.05) is 0 Å². The van der Waals surface area contributed by atoms with Crippen molar-refractivity contribution in [2.24, 2.45) is 17.6 Å². The van der Waals surface area contributed by atoms with Crippen molar-refractivity contribution >= 4 is 17.7 Å². The Balaban J connectivity index is 2.12. The van der Waals surface area contributed by atoms with E-state index in [-0.39, 0.29) is 16.7 Å². The second kappa shape index (κ2) is 6.99. The van der Waals surface area contributed by atoms with Crippen LogP contribution in [0.5, 0.6) is 23.0 Å². The van der Waals surface area contributed by atoms with E-state index < -0.39 is 70.6 Å². The van der Waals surface area contributed by atoms with Crippen LogP contribution in [-0.2, 0) is 11.2 Å². The van der Waals surface area contributed by atoms with E-state index in [9.17, 15) is 45.0 Å². The molecule has 0 fully saturated rings. The Hall–Kier alpha value is -3.79. The SMILES string of the molecule is NC(=O)c1c(O)cc(CC2C(C(=O)O)C(=O)c3c(O)cccc3C2O)c(O)c1O. The van der Waals surface area contributed by atoms with E-state index in [1.807, 2.05) is 0 Å². The van der Waals surface area contributed by atoms with Crippen LogP contribution in [0.2, 0.25) is 0 Å². The number of carboxylic acids is 1. The lowest BCUT2D eigenvalue weighted by Gasteiger charge is -2.34. The van der Waals surface area contributed by atoms with Gasteiger partial charge in [0.1, 0.15) is 23.0 Å². The molecule has 0 aromatic heterocycles. The molecular formula is C19H17NO9. The lowest BCUT2D eigenvalue weighted by Crippen LogP contribution is -2.41. The van der Waals surface area contributed by atoms with Gasteiger partial charge in [0, 0.05) is 11.5 Å². The maximum absolute atomic E-state index is 12.7. The summed E-state index contributed by atoms with van der Waals surface area (Å²) in [4.78, 5) is 35.8. The molecule has 29 heavy (non-hydrogen) atoms. The van der Waals surface area contributed by atoms with Crippen LogP contribution in [0.1, 0.15) is 37.9 Å². The predicted molar refractivity (Wildman–Crippen MR) is 95.7 cm³/mol. The van der Waals surface area contributed by atoms with Crippen molar-refractivity contribution in [1.29, 1.82) is 0 Å². The number of fused-ring (bicyclic) bond motifs is 1. The van der Waals surface area contributed by atoms with Gasteiger partial charge in [0.15, 0.2) is 17.3 Å². The lowest BCUT2D eigenvalue weighted by atomic mass is 9.70. The van der Waals surface area contributed by atoms with Crippen LogP contribution in [0.15, 0.2) is 24.3 Å². The highest BCUT2D eigenvalue weighted by atomic mass is 16.4. The average molecular weight is 403 g/mol. The van der Waals surface area contributed by atoms with Gasteiger partial charge >= 0.3 is 5.97 Å². The number of aliphatic hydroxyl groups excluding tert-OH is 1. The minimum atomic E-state index is -1.77. The number of phenolic OH excluding ortho intramolecular Hbond substituents is 2. The number of aromatic hydroxyl groups is 4. The van der Waals surface area contributed by atoms with Crippen LogP contribution in [0.25, 0.3) is 0 Å². The van der Waals surface area contributed by atoms with Gasteiger partial charge in [-0.15, -0.1) is 0 Å². The number of Topliss-reactive ketones (excluding diaryl/α,β-unsaturated/α-hetero) is 1. The van der Waals surface area contributed by atoms with Gasteiger partial charge in [-0.3, -0.25) is 14.4 Å². The summed E-state index contributed by atoms with van der Waals surface area (Å²) in [5.41, 5.74) is 3.81. The molecule has 1 aliphatic rings. The number of benzene rings is 2. The van der Waals surface area contributed by atoms with Gasteiger partial charge in [-0.2, -0.15) is 0 Å². The molecule has 0 bridgehead atoms. The summed E-state index contributed by atoms with van der Waals surface area (Å²) in [7, 11) is 0. The van der Waals surface area contributed by atoms with Crippen LogP contribution < -0.4 is 5.73 Å². The molecule has 3 unspecified atom stereocenters. The highest BCUT2D eigenvalue weighted by Crippen LogP contribution is 2.46. The summed E-state index contributed by atoms with van der Waals surface area (Å²) in [5, 5.41) is 60.3. The van der Waals surface area contributed by atoms with Gasteiger partial charge in [0.05, 0.1) is 11.7 Å². The first-order valence-electron chi connectivity index (χ1n) is 8.39. The summed E-state index contributed by atoms with van der Waals surface area (Å²) < 4.78 is 0. The molecule has 0 radical (unpaired) electrons. The number of nitrogens with two attached hydrogens (primary N) is 1. The zero-order valence-corrected chi connectivity index (χ0v) is 14.7. The zero-order valence-electron chi connectivity index (χ0n) is 14.7. The molecule has 1 amide bonds. The molecule has 10 heteroatoms. The molecule has 8 N–H and O–H groups in total. The van der Waals surface area contributed by atoms with Gasteiger partial charge in [0.2, 0.25) is 0 Å². The quantitative estimate of drug-likeness (QED) is 0.214. The van der Waals surface area contributed by atoms with Gasteiger partial charge < -0.3 is 36.4 Å². The zero-order chi connectivity index (χ0) is 21.6. The number of primary amides is 1. The number of aliphatic hydroxyl groups is 1. The number of carboxylic acid groups (broad SMARTS) is 1. The Kier molecular flexibility index (Phi) is 4.81. The number of phenols is 4. The number of hydrogen-bond acceptors (Lipinski definition) is 8. The third-order valence-corrected chi connectivity index (χ3v) is 5.06. The molecule has 2 aromatic rings. The highest BCUT2D eigenvalue weighted by molar-refractivity contribution is 6.12. The molecule has 3 rings (SSSR count). The Morgan fingerprint density at radius 1 is 1.03 bits per heavy atom. The van der Waals surface area contributed by atoms with Crippen LogP contribution in [0.3, 0.4) is 0 Å². The first kappa shape index (κ1) is 20.0. The smallest absolute Gasteiger partial charge is 0.314 e. The molecule has 152 valence electrons. The fraction of sp³-hybridized carbons (Fsp3) is 0.211. The molecule has 0 heterocycles. The summed E-state index contributed by atoms with van der Waals surface area (Å²) in [5.74, 6) is -9.86. The van der Waals surface area contributed by atoms with Crippen LogP contribution in [0.4, 0.5) is 0 Å². The summed E-state index contributed by atoms with van der Waals surface area (Å²) in [6, 6.07) is 4.81. The fourth-order valence-electron chi connectivity index (χ4n) is 3.71. The molecule has 0 saturated carbocycles. The minimum Gasteiger partial charge on any atom is -0.507 e. The monoisotopic (exact) mass is 403 g/mol. The van der Waals surface area contributed by atoms with E-state index in [2.05, 4.69) is 0 Å². The van der Waals surface area contributed by atoms with Crippen LogP contribution in [-0.4, -0.2) is 48.3 Å². The van der Waals surface area contributed by atoms with E-state index >= 15 is 0 Å². The normalized spacial score (nSPS) is 20.9. The Morgan fingerprint density at radius 3 is 2.28 bits per heavy atom. The Morgan fingerprint density at radius 2 is 1.69 bits per heavy atom. The minimum absolute atomic E-state index is 0.0131. The second-order valence-corrected chi connectivity index (χ2v) is 6.73. The van der Waals surface area contributed by atoms with Gasteiger partial charge in [-0.05, 0) is 24.1 Å². The average Bonchev–Trinajstić information content (AvgIpc) is 2.62. The lowest BCUT2D eigenvalue weighted by molar-refractivity contribution is -0.143. The maximum atomic E-state index is 12.7. The summed E-state index contributed by atoms with van der Waals surface area (Å²) in [6.45, 7) is 0. The summed E-state index contributed by atoms with van der Waals surface area (Å²) >= 11 is 0. The fourth-order valence-corrected chi connectivity index (χ4v) is 3.71. The molecule has 0 saturated heterocycles. The van der Waals surface area contributed by atoms with E-state index in [1.165, 1.54) is 18.2 Å². The topological polar surface area (TPSA) is 199 Å². The predicted octanol–water partition coefficient (Wildman–Crippen LogP) is 0.397.